The average molecular weight is 325 g/mol. The van der Waals surface area contributed by atoms with Gasteiger partial charge in [0.2, 0.25) is 5.28 Å². The fourth-order valence-electron chi connectivity index (χ4n) is 2.52. The number of hydrogen-bond donors (Lipinski definition) is 2. The Balaban J connectivity index is 1.63. The maximum atomic E-state index is 5.78. The van der Waals surface area contributed by atoms with E-state index in [1.54, 1.807) is 12.3 Å². The Morgan fingerprint density at radius 2 is 2.04 bits per heavy atom. The number of fused-ring (bicyclic) bond motifs is 1. The summed E-state index contributed by atoms with van der Waals surface area (Å²) >= 11 is 5.78. The molecule has 0 aliphatic rings. The SMILES string of the molecule is Cn1ccc2cc(-c3cc(Nc4ccnc(Cl)n4)n[nH]3)ccc21. The van der Waals surface area contributed by atoms with Crippen LogP contribution in [-0.2, 0) is 7.05 Å². The van der Waals surface area contributed by atoms with E-state index in [-0.39, 0.29) is 5.28 Å². The predicted octanol–water partition coefficient (Wildman–Crippen LogP) is 3.76. The zero-order valence-electron chi connectivity index (χ0n) is 12.3. The Morgan fingerprint density at radius 1 is 1.13 bits per heavy atom. The number of anilines is 2. The molecule has 0 atom stereocenters. The lowest BCUT2D eigenvalue weighted by Crippen LogP contribution is -1.94. The van der Waals surface area contributed by atoms with Crippen molar-refractivity contribution in [3.63, 3.8) is 0 Å². The number of hydrogen-bond acceptors (Lipinski definition) is 4. The summed E-state index contributed by atoms with van der Waals surface area (Å²) < 4.78 is 2.10. The molecule has 4 rings (SSSR count). The Bertz CT molecular complexity index is 987. The molecule has 0 saturated carbocycles. The molecule has 7 heteroatoms. The summed E-state index contributed by atoms with van der Waals surface area (Å²) in [5, 5.41) is 11.8. The smallest absolute Gasteiger partial charge is 0.224 e. The number of aromatic amines is 1. The van der Waals surface area contributed by atoms with Crippen molar-refractivity contribution < 1.29 is 0 Å². The van der Waals surface area contributed by atoms with Crippen LogP contribution in [0.4, 0.5) is 11.6 Å². The van der Waals surface area contributed by atoms with E-state index in [9.17, 15) is 0 Å². The van der Waals surface area contributed by atoms with E-state index in [4.69, 9.17) is 11.6 Å². The topological polar surface area (TPSA) is 71.4 Å². The summed E-state index contributed by atoms with van der Waals surface area (Å²) in [6, 6.07) is 12.1. The Morgan fingerprint density at radius 3 is 2.91 bits per heavy atom. The molecule has 2 N–H and O–H groups in total. The van der Waals surface area contributed by atoms with Crippen LogP contribution in [0.1, 0.15) is 0 Å². The van der Waals surface area contributed by atoms with Gasteiger partial charge in [-0.25, -0.2) is 9.97 Å². The number of halogens is 1. The van der Waals surface area contributed by atoms with Crippen molar-refractivity contribution in [1.29, 1.82) is 0 Å². The zero-order valence-corrected chi connectivity index (χ0v) is 13.0. The summed E-state index contributed by atoms with van der Waals surface area (Å²) in [6.45, 7) is 0. The number of rotatable bonds is 3. The molecule has 0 saturated heterocycles. The molecule has 3 aromatic heterocycles. The van der Waals surface area contributed by atoms with E-state index < -0.39 is 0 Å². The van der Waals surface area contributed by atoms with E-state index in [2.05, 4.69) is 54.3 Å². The summed E-state index contributed by atoms with van der Waals surface area (Å²) in [5.41, 5.74) is 3.20. The lowest BCUT2D eigenvalue weighted by molar-refractivity contribution is 0.969. The van der Waals surface area contributed by atoms with Gasteiger partial charge in [0.25, 0.3) is 0 Å². The second-order valence-corrected chi connectivity index (χ2v) is 5.54. The molecule has 0 unspecified atom stereocenters. The van der Waals surface area contributed by atoms with E-state index in [0.717, 1.165) is 11.3 Å². The van der Waals surface area contributed by atoms with Crippen LogP contribution in [0.2, 0.25) is 5.28 Å². The first-order valence-corrected chi connectivity index (χ1v) is 7.43. The van der Waals surface area contributed by atoms with Crippen LogP contribution in [0.3, 0.4) is 0 Å². The fourth-order valence-corrected chi connectivity index (χ4v) is 2.67. The highest BCUT2D eigenvalue weighted by Crippen LogP contribution is 2.25. The van der Waals surface area contributed by atoms with Crippen molar-refractivity contribution in [3.05, 3.63) is 54.1 Å². The predicted molar refractivity (Wildman–Crippen MR) is 90.8 cm³/mol. The first-order valence-electron chi connectivity index (χ1n) is 7.05. The second-order valence-electron chi connectivity index (χ2n) is 5.20. The minimum atomic E-state index is 0.195. The van der Waals surface area contributed by atoms with Crippen molar-refractivity contribution in [2.75, 3.05) is 5.32 Å². The van der Waals surface area contributed by atoms with E-state index in [0.29, 0.717) is 11.6 Å². The standard InChI is InChI=1S/C16H13ClN6/c1-23-7-5-11-8-10(2-3-13(11)23)12-9-15(22-21-12)19-14-4-6-18-16(17)20-14/h2-9H,1H3,(H2,18,19,20,21,22). The lowest BCUT2D eigenvalue weighted by Gasteiger charge is -2.01. The molecule has 23 heavy (non-hydrogen) atoms. The van der Waals surface area contributed by atoms with Crippen LogP contribution < -0.4 is 5.32 Å². The van der Waals surface area contributed by atoms with Crippen molar-refractivity contribution in [1.82, 2.24) is 24.7 Å². The van der Waals surface area contributed by atoms with Crippen LogP contribution in [0, 0.1) is 0 Å². The first-order chi connectivity index (χ1) is 11.2. The molecule has 1 aromatic carbocycles. The van der Waals surface area contributed by atoms with E-state index in [1.807, 2.05) is 19.3 Å². The molecular weight excluding hydrogens is 312 g/mol. The van der Waals surface area contributed by atoms with Gasteiger partial charge in [0.1, 0.15) is 5.82 Å². The highest BCUT2D eigenvalue weighted by Gasteiger charge is 2.07. The average Bonchev–Trinajstić information content (AvgIpc) is 3.14. The minimum absolute atomic E-state index is 0.195. The monoisotopic (exact) mass is 324 g/mol. The highest BCUT2D eigenvalue weighted by atomic mass is 35.5. The Kier molecular flexibility index (Phi) is 3.24. The molecule has 0 aliphatic heterocycles. The number of nitrogens with one attached hydrogen (secondary N) is 2. The van der Waals surface area contributed by atoms with Crippen LogP contribution in [0.25, 0.3) is 22.2 Å². The van der Waals surface area contributed by atoms with Crippen molar-refractivity contribution in [3.8, 4) is 11.3 Å². The third-order valence-corrected chi connectivity index (χ3v) is 3.84. The molecule has 0 fully saturated rings. The van der Waals surface area contributed by atoms with Crippen molar-refractivity contribution >= 4 is 34.1 Å². The van der Waals surface area contributed by atoms with Gasteiger partial charge in [-0.3, -0.25) is 5.10 Å². The maximum absolute atomic E-state index is 5.78. The zero-order chi connectivity index (χ0) is 15.8. The summed E-state index contributed by atoms with van der Waals surface area (Å²) in [6.07, 6.45) is 3.64. The summed E-state index contributed by atoms with van der Waals surface area (Å²) in [5.74, 6) is 1.27. The molecule has 4 aromatic rings. The molecular formula is C16H13ClN6. The Hall–Kier alpha value is -2.86. The molecule has 0 radical (unpaired) electrons. The third-order valence-electron chi connectivity index (χ3n) is 3.66. The largest absolute Gasteiger partial charge is 0.351 e. The molecule has 0 bridgehead atoms. The summed E-state index contributed by atoms with van der Waals surface area (Å²) in [7, 11) is 2.03. The number of aryl methyl sites for hydroxylation is 1. The van der Waals surface area contributed by atoms with Crippen LogP contribution >= 0.6 is 11.6 Å². The molecule has 0 aliphatic carbocycles. The normalized spacial score (nSPS) is 11.0. The van der Waals surface area contributed by atoms with Crippen molar-refractivity contribution in [2.45, 2.75) is 0 Å². The van der Waals surface area contributed by atoms with Crippen LogP contribution in [0.15, 0.2) is 48.8 Å². The maximum Gasteiger partial charge on any atom is 0.224 e. The van der Waals surface area contributed by atoms with Crippen LogP contribution in [0.5, 0.6) is 0 Å². The summed E-state index contributed by atoms with van der Waals surface area (Å²) in [4.78, 5) is 7.93. The van der Waals surface area contributed by atoms with Gasteiger partial charge in [-0.1, -0.05) is 6.07 Å². The molecule has 0 amide bonds. The quantitative estimate of drug-likeness (QED) is 0.563. The van der Waals surface area contributed by atoms with Gasteiger partial charge < -0.3 is 9.88 Å². The second kappa shape index (κ2) is 5.40. The van der Waals surface area contributed by atoms with Gasteiger partial charge in [0.05, 0.1) is 5.69 Å². The van der Waals surface area contributed by atoms with Gasteiger partial charge in [-0.2, -0.15) is 5.10 Å². The van der Waals surface area contributed by atoms with E-state index in [1.165, 1.54) is 10.9 Å². The van der Waals surface area contributed by atoms with Gasteiger partial charge in [0, 0.05) is 42.0 Å². The number of benzene rings is 1. The van der Waals surface area contributed by atoms with Crippen LogP contribution in [-0.4, -0.2) is 24.7 Å². The molecule has 3 heterocycles. The lowest BCUT2D eigenvalue weighted by atomic mass is 10.1. The number of nitrogens with zero attached hydrogens (tertiary/aromatic N) is 4. The van der Waals surface area contributed by atoms with Gasteiger partial charge in [-0.05, 0) is 35.9 Å². The fraction of sp³-hybridized carbons (Fsp3) is 0.0625. The molecule has 0 spiro atoms. The number of aromatic nitrogens is 5. The minimum Gasteiger partial charge on any atom is -0.351 e. The van der Waals surface area contributed by atoms with Crippen molar-refractivity contribution in [2.24, 2.45) is 7.05 Å². The Labute approximate surface area is 137 Å². The third kappa shape index (κ3) is 2.64. The molecule has 114 valence electrons. The first kappa shape index (κ1) is 13.8. The van der Waals surface area contributed by atoms with Gasteiger partial charge in [-0.15, -0.1) is 0 Å². The van der Waals surface area contributed by atoms with E-state index >= 15 is 0 Å². The van der Waals surface area contributed by atoms with Gasteiger partial charge in [0.15, 0.2) is 5.82 Å². The molecule has 6 nitrogen and oxygen atoms in total. The highest BCUT2D eigenvalue weighted by molar-refractivity contribution is 6.28. The van der Waals surface area contributed by atoms with Gasteiger partial charge >= 0.3 is 0 Å². The number of H-pyrrole nitrogens is 1.